The van der Waals surface area contributed by atoms with Gasteiger partial charge in [0.15, 0.2) is 5.13 Å². The van der Waals surface area contributed by atoms with Crippen LogP contribution < -0.4 is 14.8 Å². The molecule has 3 aromatic rings. The molecule has 1 saturated heterocycles. The Hall–Kier alpha value is -2.60. The molecule has 1 fully saturated rings. The Balaban J connectivity index is 1.36. The maximum atomic E-state index is 12.7. The maximum Gasteiger partial charge on any atom is 0.342 e. The minimum atomic E-state index is -4.26. The monoisotopic (exact) mass is 542 g/mol. The molecule has 180 valence electrons. The number of carbonyl (C=O) groups is 2. The summed E-state index contributed by atoms with van der Waals surface area (Å²) in [5.41, 5.74) is 0.563. The predicted octanol–water partition coefficient (Wildman–Crippen LogP) is 4.50. The van der Waals surface area contributed by atoms with Crippen LogP contribution in [0.15, 0.2) is 41.3 Å². The van der Waals surface area contributed by atoms with E-state index in [0.717, 1.165) is 24.3 Å². The standard InChI is InChI=1S/C21H20Cl2N4O5S2/c22-14-4-1-5-15(23)19(14)34(30,31)32-13-7-8-16-17(12-13)33-21(25-16)26-20(29)24-9-3-11-27-10-2-6-18(27)28/h1,4-5,7-8,12H,2-3,6,9-11H2,(H2,24,25,26,29). The molecule has 0 bridgehead atoms. The van der Waals surface area contributed by atoms with E-state index in [4.69, 9.17) is 27.4 Å². The van der Waals surface area contributed by atoms with E-state index in [1.807, 2.05) is 0 Å². The van der Waals surface area contributed by atoms with Crippen molar-refractivity contribution in [3.63, 3.8) is 0 Å². The average molecular weight is 543 g/mol. The Morgan fingerprint density at radius 2 is 1.97 bits per heavy atom. The molecule has 0 spiro atoms. The molecule has 0 radical (unpaired) electrons. The summed E-state index contributed by atoms with van der Waals surface area (Å²) in [6, 6.07) is 8.47. The van der Waals surface area contributed by atoms with E-state index in [-0.39, 0.29) is 26.6 Å². The van der Waals surface area contributed by atoms with Crippen molar-refractivity contribution in [1.82, 2.24) is 15.2 Å². The van der Waals surface area contributed by atoms with E-state index in [1.54, 1.807) is 11.0 Å². The molecule has 0 aliphatic carbocycles. The third-order valence-electron chi connectivity index (χ3n) is 5.02. The lowest BCUT2D eigenvalue weighted by Crippen LogP contribution is -2.32. The van der Waals surface area contributed by atoms with E-state index in [2.05, 4.69) is 15.6 Å². The van der Waals surface area contributed by atoms with Crippen molar-refractivity contribution >= 4 is 71.9 Å². The number of benzene rings is 2. The van der Waals surface area contributed by atoms with Crippen LogP contribution in [0.2, 0.25) is 10.0 Å². The molecular weight excluding hydrogens is 523 g/mol. The fourth-order valence-electron chi connectivity index (χ4n) is 3.45. The lowest BCUT2D eigenvalue weighted by atomic mass is 10.3. The zero-order valence-corrected chi connectivity index (χ0v) is 20.9. The summed E-state index contributed by atoms with van der Waals surface area (Å²) in [4.78, 5) is 29.6. The van der Waals surface area contributed by atoms with Crippen molar-refractivity contribution in [3.8, 4) is 5.75 Å². The number of thiazole rings is 1. The number of halogens is 2. The molecule has 13 heteroatoms. The van der Waals surface area contributed by atoms with E-state index in [9.17, 15) is 18.0 Å². The maximum absolute atomic E-state index is 12.7. The second-order valence-electron chi connectivity index (χ2n) is 7.46. The van der Waals surface area contributed by atoms with Gasteiger partial charge in [0.25, 0.3) is 0 Å². The number of urea groups is 1. The van der Waals surface area contributed by atoms with Gasteiger partial charge in [0.2, 0.25) is 5.91 Å². The third-order valence-corrected chi connectivity index (χ3v) is 8.16. The van der Waals surface area contributed by atoms with Gasteiger partial charge in [-0.1, -0.05) is 40.6 Å². The first kappa shape index (κ1) is 24.5. The highest BCUT2D eigenvalue weighted by molar-refractivity contribution is 7.87. The van der Waals surface area contributed by atoms with Gasteiger partial charge in [-0.3, -0.25) is 10.1 Å². The summed E-state index contributed by atoms with van der Waals surface area (Å²) in [5, 5.41) is 5.65. The molecular formula is C21H20Cl2N4O5S2. The number of aromatic nitrogens is 1. The number of fused-ring (bicyclic) bond motifs is 1. The summed E-state index contributed by atoms with van der Waals surface area (Å²) >= 11 is 13.2. The van der Waals surface area contributed by atoms with Gasteiger partial charge in [0, 0.05) is 32.1 Å². The highest BCUT2D eigenvalue weighted by Gasteiger charge is 2.24. The summed E-state index contributed by atoms with van der Waals surface area (Å²) in [6.45, 7) is 1.81. The van der Waals surface area contributed by atoms with Crippen LogP contribution in [-0.2, 0) is 14.9 Å². The van der Waals surface area contributed by atoms with Gasteiger partial charge in [0.05, 0.1) is 20.3 Å². The first-order chi connectivity index (χ1) is 16.2. The predicted molar refractivity (Wildman–Crippen MR) is 131 cm³/mol. The molecule has 4 rings (SSSR count). The summed E-state index contributed by atoms with van der Waals surface area (Å²) in [5.74, 6) is 0.213. The Labute approximate surface area is 210 Å². The molecule has 2 aromatic carbocycles. The van der Waals surface area contributed by atoms with Gasteiger partial charge in [0.1, 0.15) is 10.6 Å². The average Bonchev–Trinajstić information content (AvgIpc) is 3.35. The van der Waals surface area contributed by atoms with Crippen molar-refractivity contribution < 1.29 is 22.2 Å². The summed E-state index contributed by atoms with van der Waals surface area (Å²) in [7, 11) is -4.26. The normalized spacial score (nSPS) is 13.9. The van der Waals surface area contributed by atoms with Gasteiger partial charge in [-0.05, 0) is 37.1 Å². The molecule has 2 N–H and O–H groups in total. The second kappa shape index (κ2) is 10.3. The van der Waals surface area contributed by atoms with E-state index in [1.165, 1.54) is 30.3 Å². The number of anilines is 1. The van der Waals surface area contributed by atoms with Crippen LogP contribution in [-0.4, -0.2) is 49.9 Å². The van der Waals surface area contributed by atoms with Crippen molar-refractivity contribution in [3.05, 3.63) is 46.4 Å². The van der Waals surface area contributed by atoms with Gasteiger partial charge >= 0.3 is 16.1 Å². The smallest absolute Gasteiger partial charge is 0.342 e. The van der Waals surface area contributed by atoms with Gasteiger partial charge < -0.3 is 14.4 Å². The van der Waals surface area contributed by atoms with Gasteiger partial charge in [-0.25, -0.2) is 9.78 Å². The van der Waals surface area contributed by atoms with Crippen LogP contribution in [0.3, 0.4) is 0 Å². The summed E-state index contributed by atoms with van der Waals surface area (Å²) in [6.07, 6.45) is 2.14. The fraction of sp³-hybridized carbons (Fsp3) is 0.286. The van der Waals surface area contributed by atoms with E-state index >= 15 is 0 Å². The molecule has 0 saturated carbocycles. The van der Waals surface area contributed by atoms with Crippen LogP contribution in [0.5, 0.6) is 5.75 Å². The van der Waals surface area contributed by atoms with Crippen LogP contribution in [0, 0.1) is 0 Å². The molecule has 0 unspecified atom stereocenters. The first-order valence-electron chi connectivity index (χ1n) is 10.3. The summed E-state index contributed by atoms with van der Waals surface area (Å²) < 4.78 is 31.2. The molecule has 2 heterocycles. The number of rotatable bonds is 8. The molecule has 1 aliphatic heterocycles. The number of likely N-dealkylation sites (tertiary alicyclic amines) is 1. The highest BCUT2D eigenvalue weighted by Crippen LogP contribution is 2.34. The highest BCUT2D eigenvalue weighted by atomic mass is 35.5. The van der Waals surface area contributed by atoms with Gasteiger partial charge in [-0.15, -0.1) is 0 Å². The molecule has 9 nitrogen and oxygen atoms in total. The van der Waals surface area contributed by atoms with Crippen LogP contribution >= 0.6 is 34.5 Å². The lowest BCUT2D eigenvalue weighted by molar-refractivity contribution is -0.127. The fourth-order valence-corrected chi connectivity index (χ4v) is 6.36. The van der Waals surface area contributed by atoms with E-state index in [0.29, 0.717) is 41.3 Å². The van der Waals surface area contributed by atoms with Crippen molar-refractivity contribution in [2.24, 2.45) is 0 Å². The van der Waals surface area contributed by atoms with E-state index < -0.39 is 16.1 Å². The minimum absolute atomic E-state index is 0.0455. The third kappa shape index (κ3) is 5.72. The Bertz CT molecular complexity index is 1330. The molecule has 1 aromatic heterocycles. The molecule has 1 aliphatic rings. The van der Waals surface area contributed by atoms with Gasteiger partial charge in [-0.2, -0.15) is 8.42 Å². The van der Waals surface area contributed by atoms with Crippen LogP contribution in [0.4, 0.5) is 9.93 Å². The molecule has 34 heavy (non-hydrogen) atoms. The zero-order valence-electron chi connectivity index (χ0n) is 17.7. The topological polar surface area (TPSA) is 118 Å². The number of hydrogen-bond acceptors (Lipinski definition) is 7. The number of carbonyl (C=O) groups excluding carboxylic acids is 2. The quantitative estimate of drug-likeness (QED) is 0.319. The SMILES string of the molecule is O=C(NCCCN1CCCC1=O)Nc1nc2ccc(OS(=O)(=O)c3c(Cl)cccc3Cl)cc2s1. The number of nitrogens with zero attached hydrogens (tertiary/aromatic N) is 2. The second-order valence-corrected chi connectivity index (χ2v) is 10.8. The zero-order chi connectivity index (χ0) is 24.3. The Morgan fingerprint density at radius 3 is 2.68 bits per heavy atom. The van der Waals surface area contributed by atoms with Crippen LogP contribution in [0.1, 0.15) is 19.3 Å². The molecule has 3 amide bonds. The minimum Gasteiger partial charge on any atom is -0.379 e. The first-order valence-corrected chi connectivity index (χ1v) is 13.3. The lowest BCUT2D eigenvalue weighted by Gasteiger charge is -2.15. The largest absolute Gasteiger partial charge is 0.379 e. The van der Waals surface area contributed by atoms with Crippen molar-refractivity contribution in [2.45, 2.75) is 24.2 Å². The Morgan fingerprint density at radius 1 is 1.21 bits per heavy atom. The number of amides is 3. The van der Waals surface area contributed by atoms with Crippen molar-refractivity contribution in [2.75, 3.05) is 25.0 Å². The van der Waals surface area contributed by atoms with Crippen molar-refractivity contribution in [1.29, 1.82) is 0 Å². The van der Waals surface area contributed by atoms with Crippen LogP contribution in [0.25, 0.3) is 10.2 Å². The Kier molecular flexibility index (Phi) is 7.46. The number of hydrogen-bond donors (Lipinski definition) is 2. The number of nitrogens with one attached hydrogen (secondary N) is 2. The molecule has 0 atom stereocenters.